The summed E-state index contributed by atoms with van der Waals surface area (Å²) in [5.41, 5.74) is 1.39. The smallest absolute Gasteiger partial charge is 0.240 e. The highest BCUT2D eigenvalue weighted by atomic mass is 32.2. The summed E-state index contributed by atoms with van der Waals surface area (Å²) in [6.45, 7) is 0.398. The Bertz CT molecular complexity index is 897. The van der Waals surface area contributed by atoms with Gasteiger partial charge in [-0.3, -0.25) is 0 Å². The molecule has 2 N–H and O–H groups in total. The van der Waals surface area contributed by atoms with Crippen LogP contribution in [-0.2, 0) is 16.4 Å². The summed E-state index contributed by atoms with van der Waals surface area (Å²) in [6.07, 6.45) is -0.338. The van der Waals surface area contributed by atoms with E-state index in [4.69, 9.17) is 14.2 Å². The zero-order valence-corrected chi connectivity index (χ0v) is 15.4. The van der Waals surface area contributed by atoms with Crippen molar-refractivity contribution in [3.05, 3.63) is 47.5 Å². The number of benzene rings is 2. The van der Waals surface area contributed by atoms with E-state index in [9.17, 15) is 13.5 Å². The van der Waals surface area contributed by atoms with Crippen LogP contribution in [-0.4, -0.2) is 40.9 Å². The van der Waals surface area contributed by atoms with Crippen molar-refractivity contribution in [2.75, 3.05) is 27.4 Å². The minimum absolute atomic E-state index is 0.154. The Morgan fingerprint density at radius 1 is 1.15 bits per heavy atom. The molecule has 1 atom stereocenters. The quantitative estimate of drug-likeness (QED) is 0.760. The lowest BCUT2D eigenvalue weighted by Gasteiger charge is -2.15. The molecule has 0 aromatic heterocycles. The SMILES string of the molecule is COc1ccc(C(O)CNS(=O)(=O)c2ccc3c(c2)CCO3)cc1OC. The first-order valence-electron chi connectivity index (χ1n) is 8.10. The Labute approximate surface area is 152 Å². The molecule has 0 aliphatic carbocycles. The molecule has 140 valence electrons. The molecule has 7 nitrogen and oxygen atoms in total. The summed E-state index contributed by atoms with van der Waals surface area (Å²) in [7, 11) is -0.723. The maximum atomic E-state index is 12.5. The molecule has 0 bridgehead atoms. The maximum absolute atomic E-state index is 12.5. The van der Waals surface area contributed by atoms with Crippen molar-refractivity contribution in [1.29, 1.82) is 0 Å². The van der Waals surface area contributed by atoms with Crippen LogP contribution < -0.4 is 18.9 Å². The molecule has 2 aromatic carbocycles. The number of aliphatic hydroxyl groups is 1. The summed E-state index contributed by atoms with van der Waals surface area (Å²) in [5.74, 6) is 1.71. The second-order valence-electron chi connectivity index (χ2n) is 5.85. The number of methoxy groups -OCH3 is 2. The third kappa shape index (κ3) is 3.77. The largest absolute Gasteiger partial charge is 0.493 e. The molecular formula is C18H21NO6S. The van der Waals surface area contributed by atoms with Crippen LogP contribution in [0.25, 0.3) is 0 Å². The number of sulfonamides is 1. The van der Waals surface area contributed by atoms with E-state index in [0.29, 0.717) is 35.8 Å². The highest BCUT2D eigenvalue weighted by molar-refractivity contribution is 7.89. The number of fused-ring (bicyclic) bond motifs is 1. The lowest BCUT2D eigenvalue weighted by molar-refractivity contribution is 0.181. The summed E-state index contributed by atoms with van der Waals surface area (Å²) < 4.78 is 43.1. The molecule has 1 unspecified atom stereocenters. The fraction of sp³-hybridized carbons (Fsp3) is 0.333. The van der Waals surface area contributed by atoms with Gasteiger partial charge in [0.2, 0.25) is 10.0 Å². The van der Waals surface area contributed by atoms with Gasteiger partial charge in [-0.05, 0) is 41.5 Å². The molecule has 0 fully saturated rings. The Morgan fingerprint density at radius 3 is 2.65 bits per heavy atom. The molecular weight excluding hydrogens is 358 g/mol. The van der Waals surface area contributed by atoms with Crippen LogP contribution in [0.1, 0.15) is 17.2 Å². The first kappa shape index (κ1) is 18.5. The Kier molecular flexibility index (Phi) is 5.36. The van der Waals surface area contributed by atoms with Crippen LogP contribution in [0.15, 0.2) is 41.3 Å². The van der Waals surface area contributed by atoms with Crippen molar-refractivity contribution in [3.63, 3.8) is 0 Å². The van der Waals surface area contributed by atoms with Crippen molar-refractivity contribution in [2.45, 2.75) is 17.4 Å². The van der Waals surface area contributed by atoms with Crippen LogP contribution in [0, 0.1) is 0 Å². The van der Waals surface area contributed by atoms with Crippen molar-refractivity contribution in [3.8, 4) is 17.2 Å². The van der Waals surface area contributed by atoms with Crippen molar-refractivity contribution >= 4 is 10.0 Å². The molecule has 1 aliphatic rings. The van der Waals surface area contributed by atoms with E-state index in [1.54, 1.807) is 30.3 Å². The Balaban J connectivity index is 1.71. The van der Waals surface area contributed by atoms with E-state index >= 15 is 0 Å². The molecule has 0 saturated heterocycles. The monoisotopic (exact) mass is 379 g/mol. The lowest BCUT2D eigenvalue weighted by Crippen LogP contribution is -2.28. The zero-order valence-electron chi connectivity index (χ0n) is 14.6. The number of hydrogen-bond donors (Lipinski definition) is 2. The number of hydrogen-bond acceptors (Lipinski definition) is 6. The molecule has 26 heavy (non-hydrogen) atoms. The van der Waals surface area contributed by atoms with E-state index in [0.717, 1.165) is 5.56 Å². The first-order valence-corrected chi connectivity index (χ1v) is 9.58. The summed E-state index contributed by atoms with van der Waals surface area (Å²) in [5, 5.41) is 10.3. The van der Waals surface area contributed by atoms with E-state index in [-0.39, 0.29) is 11.4 Å². The zero-order chi connectivity index (χ0) is 18.7. The predicted octanol–water partition coefficient (Wildman–Crippen LogP) is 1.65. The molecule has 2 aromatic rings. The first-order chi connectivity index (χ1) is 12.4. The summed E-state index contributed by atoms with van der Waals surface area (Å²) in [6, 6.07) is 9.69. The van der Waals surface area contributed by atoms with Gasteiger partial charge in [-0.15, -0.1) is 0 Å². The van der Waals surface area contributed by atoms with E-state index in [1.165, 1.54) is 20.3 Å². The highest BCUT2D eigenvalue weighted by Gasteiger charge is 2.21. The number of aliphatic hydroxyl groups excluding tert-OH is 1. The van der Waals surface area contributed by atoms with Crippen LogP contribution in [0.4, 0.5) is 0 Å². The van der Waals surface area contributed by atoms with E-state index in [2.05, 4.69) is 4.72 Å². The fourth-order valence-corrected chi connectivity index (χ4v) is 3.87. The molecule has 0 amide bonds. The van der Waals surface area contributed by atoms with E-state index in [1.807, 2.05) is 0 Å². The van der Waals surface area contributed by atoms with Crippen molar-refractivity contribution < 1.29 is 27.7 Å². The van der Waals surface area contributed by atoms with Crippen molar-refractivity contribution in [1.82, 2.24) is 4.72 Å². The molecule has 0 saturated carbocycles. The van der Waals surface area contributed by atoms with E-state index < -0.39 is 16.1 Å². The normalized spacial score (nSPS) is 14.4. The van der Waals surface area contributed by atoms with Crippen molar-refractivity contribution in [2.24, 2.45) is 0 Å². The van der Waals surface area contributed by atoms with Gasteiger partial charge < -0.3 is 19.3 Å². The summed E-state index contributed by atoms with van der Waals surface area (Å²) in [4.78, 5) is 0.154. The molecule has 0 radical (unpaired) electrons. The number of ether oxygens (including phenoxy) is 3. The van der Waals surface area contributed by atoms with Crippen LogP contribution in [0.5, 0.6) is 17.2 Å². The minimum atomic E-state index is -3.73. The topological polar surface area (TPSA) is 94.1 Å². The fourth-order valence-electron chi connectivity index (χ4n) is 2.78. The third-order valence-corrected chi connectivity index (χ3v) is 5.65. The van der Waals surface area contributed by atoms with Gasteiger partial charge in [0.15, 0.2) is 11.5 Å². The average molecular weight is 379 g/mol. The van der Waals surface area contributed by atoms with Crippen LogP contribution in [0.3, 0.4) is 0 Å². The van der Waals surface area contributed by atoms with Gasteiger partial charge >= 0.3 is 0 Å². The molecule has 1 heterocycles. The van der Waals surface area contributed by atoms with Gasteiger partial charge in [-0.1, -0.05) is 6.07 Å². The average Bonchev–Trinajstić information content (AvgIpc) is 3.13. The summed E-state index contributed by atoms with van der Waals surface area (Å²) >= 11 is 0. The van der Waals surface area contributed by atoms with Gasteiger partial charge in [-0.2, -0.15) is 0 Å². The molecule has 3 rings (SSSR count). The van der Waals surface area contributed by atoms with Gasteiger partial charge in [0.1, 0.15) is 5.75 Å². The van der Waals surface area contributed by atoms with Gasteiger partial charge in [0, 0.05) is 13.0 Å². The second kappa shape index (κ2) is 7.53. The van der Waals surface area contributed by atoms with Crippen LogP contribution in [0.2, 0.25) is 0 Å². The molecule has 0 spiro atoms. The number of rotatable bonds is 7. The molecule has 8 heteroatoms. The standard InChI is InChI=1S/C18H21NO6S/c1-23-17-5-3-12(10-18(17)24-2)15(20)11-19-26(21,22)14-4-6-16-13(9-14)7-8-25-16/h3-6,9-10,15,19-20H,7-8,11H2,1-2H3. The lowest BCUT2D eigenvalue weighted by atomic mass is 10.1. The Hall–Kier alpha value is -2.29. The van der Waals surface area contributed by atoms with Crippen LogP contribution >= 0.6 is 0 Å². The Morgan fingerprint density at radius 2 is 1.92 bits per heavy atom. The van der Waals surface area contributed by atoms with Gasteiger partial charge in [-0.25, -0.2) is 13.1 Å². The second-order valence-corrected chi connectivity index (χ2v) is 7.62. The highest BCUT2D eigenvalue weighted by Crippen LogP contribution is 2.30. The minimum Gasteiger partial charge on any atom is -0.493 e. The third-order valence-electron chi connectivity index (χ3n) is 4.23. The molecule has 1 aliphatic heterocycles. The predicted molar refractivity (Wildman–Crippen MR) is 95.3 cm³/mol. The van der Waals surface area contributed by atoms with Gasteiger partial charge in [0.05, 0.1) is 31.8 Å². The number of nitrogens with one attached hydrogen (secondary N) is 1. The maximum Gasteiger partial charge on any atom is 0.240 e. The van der Waals surface area contributed by atoms with Gasteiger partial charge in [0.25, 0.3) is 0 Å².